The molecule has 0 radical (unpaired) electrons. The molecule has 0 aromatic heterocycles. The average molecular weight is 517 g/mol. The molecule has 0 saturated carbocycles. The van der Waals surface area contributed by atoms with Crippen molar-refractivity contribution < 1.29 is 17.1 Å². The molecule has 0 fully saturated rings. The Morgan fingerprint density at radius 1 is 0.967 bits per heavy atom. The van der Waals surface area contributed by atoms with Gasteiger partial charge in [-0.15, -0.1) is 0 Å². The fourth-order valence-corrected chi connectivity index (χ4v) is 29.6. The molecule has 0 amide bonds. The van der Waals surface area contributed by atoms with Gasteiger partial charge in [-0.3, -0.25) is 0 Å². The van der Waals surface area contributed by atoms with Crippen LogP contribution >= 0.6 is 18.6 Å². The van der Waals surface area contributed by atoms with Gasteiger partial charge in [-0.2, -0.15) is 0 Å². The van der Waals surface area contributed by atoms with Crippen LogP contribution in [-0.4, -0.2) is 27.1 Å². The topological polar surface area (TPSA) is 21.3 Å². The first kappa shape index (κ1) is 24.7. The minimum absolute atomic E-state index is 0.0607. The summed E-state index contributed by atoms with van der Waals surface area (Å²) in [6.07, 6.45) is 0. The standard InChI is InChI=1S/C13H9.C6H17OSi2.C4H10N.2ClH.Ti/c1-3-7-12-10(5-1)9-11-6-2-4-8-13(11)12;1-8-6-5-7-9(2,3)4;1-4(2,3)5;;;/h1-9H;8H,5-6H2,1-4H3;5H,1-3H3;2*1H;/q;;-1;;;+3/p-2. The summed E-state index contributed by atoms with van der Waals surface area (Å²) in [6, 6.07) is 18.4. The number of nitrogens with one attached hydrogen (secondary N) is 1. The Balaban J connectivity index is 2.12. The van der Waals surface area contributed by atoms with Crippen LogP contribution in [0.2, 0.25) is 32.2 Å². The van der Waals surface area contributed by atoms with Crippen LogP contribution in [0, 0.1) is 0 Å². The molecule has 2 aromatic carbocycles. The van der Waals surface area contributed by atoms with Gasteiger partial charge in [-0.25, -0.2) is 0 Å². The SMILES string of the molecule is C[SiH](CCO[Si](C)(C)C)[Ti]([Cl])([Cl])([NH]C(C)(C)C)[CH]1c2ccccc2-c2ccccc21. The summed E-state index contributed by atoms with van der Waals surface area (Å²) in [5.41, 5.74) is 5.00. The van der Waals surface area contributed by atoms with Crippen molar-refractivity contribution >= 4 is 33.6 Å². The van der Waals surface area contributed by atoms with E-state index in [2.05, 4.69) is 99.3 Å². The third-order valence-electron chi connectivity index (χ3n) is 5.97. The van der Waals surface area contributed by atoms with Crippen molar-refractivity contribution in [3.63, 3.8) is 0 Å². The summed E-state index contributed by atoms with van der Waals surface area (Å²) in [5.74, 6) is 0. The van der Waals surface area contributed by atoms with Crippen LogP contribution < -0.4 is 3.80 Å². The van der Waals surface area contributed by atoms with E-state index in [-0.39, 0.29) is 9.76 Å². The molecule has 0 heterocycles. The second-order valence-electron chi connectivity index (χ2n) is 10.8. The van der Waals surface area contributed by atoms with Crippen molar-refractivity contribution in [2.75, 3.05) is 6.61 Å². The molecule has 1 aliphatic rings. The van der Waals surface area contributed by atoms with Crippen LogP contribution in [0.3, 0.4) is 0 Å². The van der Waals surface area contributed by atoms with E-state index in [0.29, 0.717) is 0 Å². The molecule has 7 heteroatoms. The van der Waals surface area contributed by atoms with Crippen LogP contribution in [0.1, 0.15) is 36.1 Å². The Morgan fingerprint density at radius 2 is 1.43 bits per heavy atom. The maximum absolute atomic E-state index is 7.91. The summed E-state index contributed by atoms with van der Waals surface area (Å²) in [4.78, 5) is 0. The second-order valence-corrected chi connectivity index (χ2v) is 42.7. The number of halogens is 2. The van der Waals surface area contributed by atoms with Crippen molar-refractivity contribution in [3.05, 3.63) is 59.7 Å². The van der Waals surface area contributed by atoms with Gasteiger partial charge in [-0.1, -0.05) is 0 Å². The Kier molecular flexibility index (Phi) is 6.97. The number of rotatable bonds is 7. The second kappa shape index (κ2) is 8.46. The van der Waals surface area contributed by atoms with Crippen molar-refractivity contribution in [2.24, 2.45) is 0 Å². The van der Waals surface area contributed by atoms with Crippen LogP contribution in [0.4, 0.5) is 0 Å². The van der Waals surface area contributed by atoms with Gasteiger partial charge >= 0.3 is 195 Å². The Morgan fingerprint density at radius 3 is 1.87 bits per heavy atom. The van der Waals surface area contributed by atoms with E-state index in [1.165, 1.54) is 22.3 Å². The van der Waals surface area contributed by atoms with Crippen LogP contribution in [0.25, 0.3) is 11.1 Å². The Labute approximate surface area is 193 Å². The fraction of sp³-hybridized carbons (Fsp3) is 0.478. The average Bonchev–Trinajstić information content (AvgIpc) is 2.94. The van der Waals surface area contributed by atoms with E-state index in [4.69, 9.17) is 23.0 Å². The zero-order chi connectivity index (χ0) is 22.4. The molecule has 2 aromatic rings. The van der Waals surface area contributed by atoms with Gasteiger partial charge in [0.05, 0.1) is 0 Å². The molecular formula is C23H36Cl2NOSi2Ti. The van der Waals surface area contributed by atoms with E-state index in [1.54, 1.807) is 0 Å². The summed E-state index contributed by atoms with van der Waals surface area (Å²) < 4.78 is 10.2. The van der Waals surface area contributed by atoms with Gasteiger partial charge in [0, 0.05) is 0 Å². The predicted molar refractivity (Wildman–Crippen MR) is 135 cm³/mol. The Bertz CT molecular complexity index is 878. The quantitative estimate of drug-likeness (QED) is 0.391. The summed E-state index contributed by atoms with van der Waals surface area (Å²) in [6.45, 7) is 14.8. The van der Waals surface area contributed by atoms with E-state index >= 15 is 0 Å². The van der Waals surface area contributed by atoms with Gasteiger partial charge < -0.3 is 0 Å². The van der Waals surface area contributed by atoms with Crippen molar-refractivity contribution in [1.29, 1.82) is 0 Å². The molecule has 3 rings (SSSR count). The number of hydrogen-bond donors (Lipinski definition) is 1. The maximum atomic E-state index is 7.91. The first-order valence-corrected chi connectivity index (χ1v) is 25.6. The van der Waals surface area contributed by atoms with Crippen LogP contribution in [0.5, 0.6) is 0 Å². The van der Waals surface area contributed by atoms with Crippen molar-refractivity contribution in [2.45, 2.75) is 62.8 Å². The summed E-state index contributed by atoms with van der Waals surface area (Å²) in [7, 11) is 14.2. The van der Waals surface area contributed by atoms with E-state index in [1.807, 2.05) is 0 Å². The first-order valence-electron chi connectivity index (χ1n) is 10.9. The molecule has 0 spiro atoms. The van der Waals surface area contributed by atoms with Crippen LogP contribution in [-0.2, 0) is 17.1 Å². The molecule has 0 saturated heterocycles. The predicted octanol–water partition coefficient (Wildman–Crippen LogP) is 7.26. The van der Waals surface area contributed by atoms with E-state index in [0.717, 1.165) is 12.7 Å². The molecule has 1 aliphatic carbocycles. The molecule has 30 heavy (non-hydrogen) atoms. The van der Waals surface area contributed by atoms with Gasteiger partial charge in [-0.05, 0) is 0 Å². The van der Waals surface area contributed by atoms with Crippen LogP contribution in [0.15, 0.2) is 48.5 Å². The monoisotopic (exact) mass is 516 g/mol. The molecule has 1 N–H and O–H groups in total. The third kappa shape index (κ3) is 5.02. The normalized spacial score (nSPS) is 17.2. The van der Waals surface area contributed by atoms with Crippen molar-refractivity contribution in [3.8, 4) is 11.1 Å². The molecule has 1 atom stereocenters. The first-order chi connectivity index (χ1) is 13.7. The van der Waals surface area contributed by atoms with Gasteiger partial charge in [0.15, 0.2) is 0 Å². The summed E-state index contributed by atoms with van der Waals surface area (Å²) in [5, 5.41) is 0. The van der Waals surface area contributed by atoms with Gasteiger partial charge in [0.25, 0.3) is 0 Å². The third-order valence-corrected chi connectivity index (χ3v) is 38.1. The van der Waals surface area contributed by atoms with E-state index < -0.39 is 27.7 Å². The van der Waals surface area contributed by atoms with E-state index in [9.17, 15) is 0 Å². The van der Waals surface area contributed by atoms with Gasteiger partial charge in [0.2, 0.25) is 0 Å². The van der Waals surface area contributed by atoms with Gasteiger partial charge in [0.1, 0.15) is 0 Å². The molecule has 1 unspecified atom stereocenters. The van der Waals surface area contributed by atoms with Crippen molar-refractivity contribution in [1.82, 2.24) is 3.80 Å². The molecule has 2 nitrogen and oxygen atoms in total. The molecule has 0 bridgehead atoms. The zero-order valence-corrected chi connectivity index (χ0v) is 24.6. The number of benzene rings is 2. The molecular weight excluding hydrogens is 481 g/mol. The molecule has 0 aliphatic heterocycles. The molecule has 165 valence electrons. The fourth-order valence-electron chi connectivity index (χ4n) is 4.73. The summed E-state index contributed by atoms with van der Waals surface area (Å²) >= 11 is -4.29. The zero-order valence-electron chi connectivity index (χ0n) is 19.4. The number of fused-ring (bicyclic) bond motifs is 3. The number of hydrogen-bond acceptors (Lipinski definition) is 2. The Hall–Kier alpha value is 0.0881. The minimum atomic E-state index is -4.29.